The number of rotatable bonds is 6. The summed E-state index contributed by atoms with van der Waals surface area (Å²) >= 11 is 12.2. The molecule has 0 radical (unpaired) electrons. The first-order valence-electron chi connectivity index (χ1n) is 9.30. The molecule has 10 heteroatoms. The second kappa shape index (κ2) is 7.85. The molecule has 27 heavy (non-hydrogen) atoms. The van der Waals surface area contributed by atoms with Crippen LogP contribution in [0.2, 0.25) is 10.4 Å². The van der Waals surface area contributed by atoms with Crippen molar-refractivity contribution in [3.63, 3.8) is 0 Å². The van der Waals surface area contributed by atoms with Crippen LogP contribution in [0.1, 0.15) is 32.1 Å². The molecule has 1 saturated heterocycles. The van der Waals surface area contributed by atoms with Crippen molar-refractivity contribution in [1.29, 1.82) is 0 Å². The molecule has 2 aliphatic carbocycles. The van der Waals surface area contributed by atoms with E-state index in [1.165, 1.54) is 0 Å². The van der Waals surface area contributed by atoms with Crippen LogP contribution in [0.25, 0.3) is 0 Å². The second-order valence-corrected chi connectivity index (χ2v) is 7.86. The van der Waals surface area contributed by atoms with Gasteiger partial charge in [-0.05, 0) is 30.9 Å². The van der Waals surface area contributed by atoms with E-state index in [0.29, 0.717) is 17.9 Å². The van der Waals surface area contributed by atoms with Gasteiger partial charge in [-0.25, -0.2) is 4.98 Å². The van der Waals surface area contributed by atoms with E-state index >= 15 is 0 Å². The number of nitrogens with zero attached hydrogens (tertiary/aromatic N) is 2. The highest BCUT2D eigenvalue weighted by molar-refractivity contribution is 6.34. The highest BCUT2D eigenvalue weighted by Crippen LogP contribution is 2.48. The van der Waals surface area contributed by atoms with Gasteiger partial charge in [0.2, 0.25) is 5.28 Å². The Morgan fingerprint density at radius 3 is 2.67 bits per heavy atom. The molecular weight excluding hydrogens is 395 g/mol. The molecular formula is C17H24Cl2N4O4. The van der Waals surface area contributed by atoms with Crippen molar-refractivity contribution in [2.45, 2.75) is 62.2 Å². The van der Waals surface area contributed by atoms with Gasteiger partial charge in [0.05, 0.1) is 25.4 Å². The monoisotopic (exact) mass is 418 g/mol. The summed E-state index contributed by atoms with van der Waals surface area (Å²) in [6.07, 6.45) is 4.13. The third-order valence-electron chi connectivity index (χ3n) is 5.47. The predicted octanol–water partition coefficient (Wildman–Crippen LogP) is 2.44. The van der Waals surface area contributed by atoms with Gasteiger partial charge in [-0.2, -0.15) is 4.98 Å². The minimum Gasteiger partial charge on any atom is -0.394 e. The number of nitrogens with one attached hydrogen (secondary N) is 2. The summed E-state index contributed by atoms with van der Waals surface area (Å²) in [5.41, 5.74) is 0.576. The molecule has 1 aliphatic heterocycles. The van der Waals surface area contributed by atoms with Gasteiger partial charge in [0, 0.05) is 19.9 Å². The molecule has 1 spiro atoms. The Bertz CT molecular complexity index is 689. The summed E-state index contributed by atoms with van der Waals surface area (Å²) in [4.78, 5) is 8.25. The number of halogens is 2. The van der Waals surface area contributed by atoms with E-state index in [9.17, 15) is 0 Å². The molecule has 4 atom stereocenters. The fourth-order valence-corrected chi connectivity index (χ4v) is 4.82. The Balaban J connectivity index is 1.57. The number of aromatic nitrogens is 2. The summed E-state index contributed by atoms with van der Waals surface area (Å²) in [5.74, 6) is 0.00794. The van der Waals surface area contributed by atoms with E-state index in [-0.39, 0.29) is 48.0 Å². The van der Waals surface area contributed by atoms with Gasteiger partial charge in [-0.1, -0.05) is 11.6 Å². The SMILES string of the molecule is CNc1c(Cl)nc(Cl)nc1NC1CC(OCCO)C2OC3(CCCC3)OC12. The fourth-order valence-electron chi connectivity index (χ4n) is 4.34. The third kappa shape index (κ3) is 3.71. The van der Waals surface area contributed by atoms with Crippen LogP contribution in [0, 0.1) is 0 Å². The van der Waals surface area contributed by atoms with Gasteiger partial charge in [0.15, 0.2) is 16.8 Å². The maximum Gasteiger partial charge on any atom is 0.225 e. The van der Waals surface area contributed by atoms with E-state index in [1.807, 2.05) is 0 Å². The van der Waals surface area contributed by atoms with E-state index < -0.39 is 5.79 Å². The average molecular weight is 419 g/mol. The summed E-state index contributed by atoms with van der Waals surface area (Å²) in [7, 11) is 1.75. The number of hydrogen-bond donors (Lipinski definition) is 3. The lowest BCUT2D eigenvalue weighted by Crippen LogP contribution is -2.35. The minimum atomic E-state index is -0.511. The van der Waals surface area contributed by atoms with Gasteiger partial charge in [0.25, 0.3) is 0 Å². The van der Waals surface area contributed by atoms with Crippen LogP contribution in [0.5, 0.6) is 0 Å². The molecule has 1 aromatic heterocycles. The Hall–Kier alpha value is -0.900. The number of ether oxygens (including phenoxy) is 3. The molecule has 3 fully saturated rings. The zero-order chi connectivity index (χ0) is 19.0. The maximum atomic E-state index is 9.14. The first kappa shape index (κ1) is 19.4. The molecule has 2 saturated carbocycles. The second-order valence-electron chi connectivity index (χ2n) is 7.16. The van der Waals surface area contributed by atoms with Crippen molar-refractivity contribution in [1.82, 2.24) is 9.97 Å². The topological polar surface area (TPSA) is 97.8 Å². The molecule has 3 N–H and O–H groups in total. The quantitative estimate of drug-likeness (QED) is 0.478. The highest BCUT2D eigenvalue weighted by atomic mass is 35.5. The van der Waals surface area contributed by atoms with Crippen molar-refractivity contribution in [3.05, 3.63) is 10.4 Å². The molecule has 4 rings (SSSR count). The largest absolute Gasteiger partial charge is 0.394 e. The van der Waals surface area contributed by atoms with Crippen LogP contribution in [0.15, 0.2) is 0 Å². The molecule has 0 amide bonds. The van der Waals surface area contributed by atoms with Gasteiger partial charge in [0.1, 0.15) is 17.9 Å². The van der Waals surface area contributed by atoms with Crippen molar-refractivity contribution >= 4 is 34.7 Å². The summed E-state index contributed by atoms with van der Waals surface area (Å²) in [6, 6.07) is -0.0900. The zero-order valence-corrected chi connectivity index (χ0v) is 16.6. The number of aliphatic hydroxyl groups is 1. The lowest BCUT2D eigenvalue weighted by atomic mass is 10.2. The first-order chi connectivity index (χ1) is 13.0. The number of aliphatic hydroxyl groups excluding tert-OH is 1. The summed E-state index contributed by atoms with van der Waals surface area (Å²) in [6.45, 7) is 0.239. The van der Waals surface area contributed by atoms with Gasteiger partial charge in [-0.15, -0.1) is 0 Å². The van der Waals surface area contributed by atoms with Crippen molar-refractivity contribution in [3.8, 4) is 0 Å². The lowest BCUT2D eigenvalue weighted by molar-refractivity contribution is -0.187. The molecule has 3 aliphatic rings. The molecule has 2 heterocycles. The Labute approximate surface area is 167 Å². The molecule has 4 unspecified atom stereocenters. The molecule has 1 aromatic rings. The summed E-state index contributed by atoms with van der Waals surface area (Å²) < 4.78 is 18.6. The number of fused-ring (bicyclic) bond motifs is 1. The van der Waals surface area contributed by atoms with E-state index in [1.54, 1.807) is 7.05 Å². The Kier molecular flexibility index (Phi) is 5.64. The molecule has 150 valence electrons. The van der Waals surface area contributed by atoms with Crippen LogP contribution in [-0.2, 0) is 14.2 Å². The van der Waals surface area contributed by atoms with Crippen LogP contribution < -0.4 is 10.6 Å². The van der Waals surface area contributed by atoms with E-state index in [0.717, 1.165) is 25.7 Å². The smallest absolute Gasteiger partial charge is 0.225 e. The molecule has 8 nitrogen and oxygen atoms in total. The summed E-state index contributed by atoms with van der Waals surface area (Å²) in [5, 5.41) is 15.9. The van der Waals surface area contributed by atoms with Crippen molar-refractivity contribution in [2.24, 2.45) is 0 Å². The van der Waals surface area contributed by atoms with E-state index in [4.69, 9.17) is 42.5 Å². The fraction of sp³-hybridized carbons (Fsp3) is 0.765. The number of anilines is 2. The maximum absolute atomic E-state index is 9.14. The molecule has 0 aromatic carbocycles. The van der Waals surface area contributed by atoms with Crippen LogP contribution in [0.3, 0.4) is 0 Å². The molecule has 0 bridgehead atoms. The van der Waals surface area contributed by atoms with Gasteiger partial charge >= 0.3 is 0 Å². The standard InChI is InChI=1S/C17H24Cl2N4O4/c1-20-11-14(18)22-16(19)23-15(11)21-9-8-10(25-7-6-24)13-12(9)26-17(27-13)4-2-3-5-17/h9-10,12-13,20,24H,2-8H2,1H3,(H,21,22,23). The predicted molar refractivity (Wildman–Crippen MR) is 101 cm³/mol. The van der Waals surface area contributed by atoms with Gasteiger partial charge < -0.3 is 30.0 Å². The Morgan fingerprint density at radius 1 is 1.22 bits per heavy atom. The van der Waals surface area contributed by atoms with Gasteiger partial charge in [-0.3, -0.25) is 0 Å². The van der Waals surface area contributed by atoms with Crippen LogP contribution >= 0.6 is 23.2 Å². The normalized spacial score (nSPS) is 31.4. The Morgan fingerprint density at radius 2 is 1.96 bits per heavy atom. The first-order valence-corrected chi connectivity index (χ1v) is 10.1. The average Bonchev–Trinajstić information content (AvgIpc) is 3.31. The minimum absolute atomic E-state index is 0.0288. The zero-order valence-electron chi connectivity index (χ0n) is 15.1. The number of hydrogen-bond acceptors (Lipinski definition) is 8. The highest BCUT2D eigenvalue weighted by Gasteiger charge is 2.58. The lowest BCUT2D eigenvalue weighted by Gasteiger charge is -2.27. The van der Waals surface area contributed by atoms with Crippen molar-refractivity contribution < 1.29 is 19.3 Å². The van der Waals surface area contributed by atoms with Crippen molar-refractivity contribution in [2.75, 3.05) is 30.9 Å². The van der Waals surface area contributed by atoms with Crippen LogP contribution in [0.4, 0.5) is 11.5 Å². The third-order valence-corrected chi connectivity index (χ3v) is 5.92. The van der Waals surface area contributed by atoms with E-state index in [2.05, 4.69) is 20.6 Å². The van der Waals surface area contributed by atoms with Crippen LogP contribution in [-0.4, -0.2) is 65.5 Å².